The lowest BCUT2D eigenvalue weighted by Crippen LogP contribution is -2.32. The fraction of sp³-hybridized carbons (Fsp3) is 0.438. The van der Waals surface area contributed by atoms with Gasteiger partial charge in [0, 0.05) is 37.2 Å². The summed E-state index contributed by atoms with van der Waals surface area (Å²) in [7, 11) is 1.51. The predicted octanol–water partition coefficient (Wildman–Crippen LogP) is 1.18. The number of halogens is 1. The van der Waals surface area contributed by atoms with E-state index in [4.69, 9.17) is 4.74 Å². The van der Waals surface area contributed by atoms with Gasteiger partial charge in [-0.2, -0.15) is 0 Å². The molecule has 3 N–H and O–H groups in total. The summed E-state index contributed by atoms with van der Waals surface area (Å²) in [6, 6.07) is 0.998. The Morgan fingerprint density at radius 1 is 1.58 bits per heavy atom. The molecule has 1 aliphatic rings. The number of ether oxygens (including phenoxy) is 1. The number of rotatable bonds is 6. The number of carbonyl (C=O) groups excluding carboxylic acids is 1. The van der Waals surface area contributed by atoms with Gasteiger partial charge in [0.2, 0.25) is 0 Å². The first-order valence-corrected chi connectivity index (χ1v) is 7.67. The predicted molar refractivity (Wildman–Crippen MR) is 84.6 cm³/mol. The number of carbonyl (C=O) groups is 1. The number of alkyl halides is 1. The minimum Gasteiger partial charge on any atom is -0.390 e. The monoisotopic (exact) mass is 334 g/mol. The van der Waals surface area contributed by atoms with Gasteiger partial charge in [-0.05, 0) is 12.5 Å². The standard InChI is InChI=1S/C16H19FN4O3/c1-24-7-10-4-12(13(17)15(10)23)21-16-11(6-19-8-20-16)14(22)9-2-3-18-5-9/h2-3,5-6,8,10,12-13,15,18,23H,4,7H2,1H3,(H,19,20,21)/t10-,12-,13-,15-/m1/s1. The van der Waals surface area contributed by atoms with Gasteiger partial charge < -0.3 is 20.1 Å². The summed E-state index contributed by atoms with van der Waals surface area (Å²) in [4.78, 5) is 23.3. The number of nitrogens with zero attached hydrogens (tertiary/aromatic N) is 2. The average molecular weight is 334 g/mol. The lowest BCUT2D eigenvalue weighted by atomic mass is 10.1. The fourth-order valence-electron chi connectivity index (χ4n) is 3.02. The summed E-state index contributed by atoms with van der Waals surface area (Å²) < 4.78 is 19.4. The summed E-state index contributed by atoms with van der Waals surface area (Å²) in [6.45, 7) is 0.276. The molecular formula is C16H19FN4O3. The Bertz CT molecular complexity index is 694. The molecule has 1 aliphatic carbocycles. The van der Waals surface area contributed by atoms with Crippen LogP contribution in [0.15, 0.2) is 31.0 Å². The molecule has 24 heavy (non-hydrogen) atoms. The molecule has 1 saturated carbocycles. The van der Waals surface area contributed by atoms with Crippen molar-refractivity contribution in [2.24, 2.45) is 5.92 Å². The molecule has 0 aliphatic heterocycles. The van der Waals surface area contributed by atoms with Gasteiger partial charge in [0.15, 0.2) is 5.78 Å². The molecule has 0 amide bonds. The molecular weight excluding hydrogens is 315 g/mol. The summed E-state index contributed by atoms with van der Waals surface area (Å²) in [5.41, 5.74) is 0.724. The Hall–Kier alpha value is -2.32. The van der Waals surface area contributed by atoms with Crippen LogP contribution in [0.4, 0.5) is 10.2 Å². The molecule has 2 heterocycles. The summed E-state index contributed by atoms with van der Waals surface area (Å²) in [6.07, 6.45) is 3.73. The maximum absolute atomic E-state index is 14.3. The highest BCUT2D eigenvalue weighted by molar-refractivity contribution is 6.11. The summed E-state index contributed by atoms with van der Waals surface area (Å²) >= 11 is 0. The first-order valence-electron chi connectivity index (χ1n) is 7.67. The zero-order chi connectivity index (χ0) is 17.1. The van der Waals surface area contributed by atoms with E-state index in [1.165, 1.54) is 19.6 Å². The van der Waals surface area contributed by atoms with Crippen LogP contribution in [-0.2, 0) is 4.74 Å². The van der Waals surface area contributed by atoms with E-state index in [1.54, 1.807) is 18.5 Å². The lowest BCUT2D eigenvalue weighted by Gasteiger charge is -2.18. The Balaban J connectivity index is 1.80. The van der Waals surface area contributed by atoms with Gasteiger partial charge >= 0.3 is 0 Å². The van der Waals surface area contributed by atoms with E-state index in [0.29, 0.717) is 12.0 Å². The number of hydrogen-bond donors (Lipinski definition) is 3. The van der Waals surface area contributed by atoms with Crippen LogP contribution in [0, 0.1) is 5.92 Å². The van der Waals surface area contributed by atoms with Gasteiger partial charge in [-0.15, -0.1) is 0 Å². The van der Waals surface area contributed by atoms with Gasteiger partial charge in [0.05, 0.1) is 24.3 Å². The molecule has 7 nitrogen and oxygen atoms in total. The molecule has 0 bridgehead atoms. The van der Waals surface area contributed by atoms with Gasteiger partial charge in [-0.25, -0.2) is 14.4 Å². The van der Waals surface area contributed by atoms with E-state index in [0.717, 1.165) is 0 Å². The second kappa shape index (κ2) is 7.06. The molecule has 1 fully saturated rings. The number of H-pyrrole nitrogens is 1. The molecule has 2 aromatic heterocycles. The van der Waals surface area contributed by atoms with Crippen LogP contribution < -0.4 is 5.32 Å². The Labute approximate surface area is 138 Å². The summed E-state index contributed by atoms with van der Waals surface area (Å²) in [5.74, 6) is -0.302. The highest BCUT2D eigenvalue weighted by Crippen LogP contribution is 2.32. The van der Waals surface area contributed by atoms with Gasteiger partial charge in [0.1, 0.15) is 18.3 Å². The Morgan fingerprint density at radius 2 is 2.42 bits per heavy atom. The second-order valence-electron chi connectivity index (χ2n) is 5.85. The normalized spacial score (nSPS) is 26.5. The highest BCUT2D eigenvalue weighted by Gasteiger charge is 2.43. The minimum absolute atomic E-state index is 0.258. The number of aliphatic hydroxyl groups is 1. The van der Waals surface area contributed by atoms with Crippen molar-refractivity contribution in [1.29, 1.82) is 0 Å². The number of ketones is 1. The molecule has 3 rings (SSSR count). The van der Waals surface area contributed by atoms with E-state index in [2.05, 4.69) is 20.3 Å². The largest absolute Gasteiger partial charge is 0.390 e. The summed E-state index contributed by atoms with van der Waals surface area (Å²) in [5, 5.41) is 12.9. The minimum atomic E-state index is -1.46. The third kappa shape index (κ3) is 3.15. The highest BCUT2D eigenvalue weighted by atomic mass is 19.1. The molecule has 0 spiro atoms. The van der Waals surface area contributed by atoms with Crippen LogP contribution in [-0.4, -0.2) is 57.9 Å². The fourth-order valence-corrected chi connectivity index (χ4v) is 3.02. The van der Waals surface area contributed by atoms with Crippen LogP contribution in [0.1, 0.15) is 22.3 Å². The van der Waals surface area contributed by atoms with Gasteiger partial charge in [0.25, 0.3) is 0 Å². The molecule has 0 unspecified atom stereocenters. The Morgan fingerprint density at radius 3 is 3.12 bits per heavy atom. The van der Waals surface area contributed by atoms with E-state index in [-0.39, 0.29) is 29.7 Å². The molecule has 0 radical (unpaired) electrons. The van der Waals surface area contributed by atoms with Crippen molar-refractivity contribution < 1.29 is 19.0 Å². The molecule has 128 valence electrons. The first-order chi connectivity index (χ1) is 11.6. The third-order valence-electron chi connectivity index (χ3n) is 4.27. The van der Waals surface area contributed by atoms with Crippen molar-refractivity contribution in [3.05, 3.63) is 42.1 Å². The zero-order valence-electron chi connectivity index (χ0n) is 13.1. The van der Waals surface area contributed by atoms with Crippen LogP contribution in [0.3, 0.4) is 0 Å². The number of hydrogen-bond acceptors (Lipinski definition) is 6. The maximum atomic E-state index is 14.3. The number of aliphatic hydroxyl groups excluding tert-OH is 1. The topological polar surface area (TPSA) is 100 Å². The number of methoxy groups -OCH3 is 1. The number of anilines is 1. The smallest absolute Gasteiger partial charge is 0.199 e. The van der Waals surface area contributed by atoms with Gasteiger partial charge in [-0.3, -0.25) is 4.79 Å². The van der Waals surface area contributed by atoms with Crippen molar-refractivity contribution in [3.8, 4) is 0 Å². The Kier molecular flexibility index (Phi) is 4.86. The number of nitrogens with one attached hydrogen (secondary N) is 2. The van der Waals surface area contributed by atoms with Gasteiger partial charge in [-0.1, -0.05) is 0 Å². The van der Waals surface area contributed by atoms with E-state index >= 15 is 0 Å². The maximum Gasteiger partial charge on any atom is 0.199 e. The van der Waals surface area contributed by atoms with Crippen LogP contribution in [0.25, 0.3) is 0 Å². The molecule has 0 saturated heterocycles. The van der Waals surface area contributed by atoms with Crippen LogP contribution in [0.5, 0.6) is 0 Å². The molecule has 0 aromatic carbocycles. The number of aromatic amines is 1. The van der Waals surface area contributed by atoms with Crippen LogP contribution >= 0.6 is 0 Å². The zero-order valence-corrected chi connectivity index (χ0v) is 13.1. The SMILES string of the molecule is COC[C@H]1C[C@@H](Nc2ncncc2C(=O)c2cc[nH]c2)[C@@H](F)[C@@H]1O. The average Bonchev–Trinajstić information content (AvgIpc) is 3.21. The molecule has 2 aromatic rings. The van der Waals surface area contributed by atoms with Crippen molar-refractivity contribution in [2.45, 2.75) is 24.7 Å². The second-order valence-corrected chi connectivity index (χ2v) is 5.85. The van der Waals surface area contributed by atoms with Crippen molar-refractivity contribution in [2.75, 3.05) is 19.0 Å². The third-order valence-corrected chi connectivity index (χ3v) is 4.27. The van der Waals surface area contributed by atoms with E-state index in [9.17, 15) is 14.3 Å². The molecule has 8 heteroatoms. The first kappa shape index (κ1) is 16.5. The van der Waals surface area contributed by atoms with E-state index < -0.39 is 18.3 Å². The lowest BCUT2D eigenvalue weighted by molar-refractivity contribution is 0.0324. The van der Waals surface area contributed by atoms with Crippen LogP contribution in [0.2, 0.25) is 0 Å². The number of aromatic nitrogens is 3. The van der Waals surface area contributed by atoms with Crippen molar-refractivity contribution in [1.82, 2.24) is 15.0 Å². The van der Waals surface area contributed by atoms with E-state index in [1.807, 2.05) is 0 Å². The van der Waals surface area contributed by atoms with Crippen molar-refractivity contribution in [3.63, 3.8) is 0 Å². The van der Waals surface area contributed by atoms with Crippen molar-refractivity contribution >= 4 is 11.6 Å². The molecule has 4 atom stereocenters. The quantitative estimate of drug-likeness (QED) is 0.686.